The second-order valence-corrected chi connectivity index (χ2v) is 4.17. The van der Waals surface area contributed by atoms with Gasteiger partial charge in [0.1, 0.15) is 12.1 Å². The first-order valence-corrected chi connectivity index (χ1v) is 5.56. The van der Waals surface area contributed by atoms with Crippen LogP contribution in [0, 0.1) is 6.92 Å². The van der Waals surface area contributed by atoms with Gasteiger partial charge in [-0.25, -0.2) is 4.98 Å². The number of nitrogens with one attached hydrogen (secondary N) is 1. The molecule has 0 aliphatic heterocycles. The highest BCUT2D eigenvalue weighted by atomic mass is 32.2. The van der Waals surface area contributed by atoms with E-state index in [1.807, 2.05) is 13.0 Å². The predicted molar refractivity (Wildman–Crippen MR) is 58.3 cm³/mol. The van der Waals surface area contributed by atoms with Crippen molar-refractivity contribution in [2.24, 2.45) is 0 Å². The van der Waals surface area contributed by atoms with Crippen molar-refractivity contribution < 1.29 is 13.5 Å². The molecule has 0 atom stereocenters. The molecule has 1 aromatic carbocycles. The normalized spacial score (nSPS) is 10.8. The Morgan fingerprint density at radius 1 is 1.41 bits per heavy atom. The van der Waals surface area contributed by atoms with E-state index >= 15 is 0 Å². The highest BCUT2D eigenvalue weighted by Crippen LogP contribution is 2.36. The van der Waals surface area contributed by atoms with Gasteiger partial charge in [0.05, 0.1) is 4.90 Å². The molecule has 7 heteroatoms. The van der Waals surface area contributed by atoms with Gasteiger partial charge in [0.2, 0.25) is 0 Å². The lowest BCUT2D eigenvalue weighted by molar-refractivity contribution is -0.0517. The number of nitrogens with zero attached hydrogens (tertiary/aromatic N) is 2. The molecule has 0 saturated heterocycles. The van der Waals surface area contributed by atoms with E-state index in [0.717, 1.165) is 5.56 Å². The summed E-state index contributed by atoms with van der Waals surface area (Å²) in [5.74, 6) is 0.140. The minimum Gasteiger partial charge on any atom is -0.434 e. The van der Waals surface area contributed by atoms with Gasteiger partial charge >= 0.3 is 6.61 Å². The van der Waals surface area contributed by atoms with Crippen LogP contribution >= 0.6 is 11.8 Å². The quantitative estimate of drug-likeness (QED) is 0.915. The van der Waals surface area contributed by atoms with Gasteiger partial charge in [-0.3, -0.25) is 5.10 Å². The van der Waals surface area contributed by atoms with E-state index in [9.17, 15) is 8.78 Å². The van der Waals surface area contributed by atoms with Gasteiger partial charge in [0, 0.05) is 0 Å². The van der Waals surface area contributed by atoms with Crippen LogP contribution in [-0.2, 0) is 0 Å². The van der Waals surface area contributed by atoms with E-state index < -0.39 is 6.61 Å². The molecule has 0 unspecified atom stereocenters. The standard InChI is InChI=1S/C10H9F2N3OS/c1-6-3-2-4-7(16-9(11)12)8(6)17-10-13-5-14-15-10/h2-5,9H,1H3,(H,13,14,15). The van der Waals surface area contributed by atoms with Crippen LogP contribution in [0.4, 0.5) is 8.78 Å². The molecule has 1 N–H and O–H groups in total. The fourth-order valence-corrected chi connectivity index (χ4v) is 2.12. The van der Waals surface area contributed by atoms with E-state index in [2.05, 4.69) is 19.9 Å². The molecule has 4 nitrogen and oxygen atoms in total. The summed E-state index contributed by atoms with van der Waals surface area (Å²) in [6, 6.07) is 4.98. The van der Waals surface area contributed by atoms with Crippen LogP contribution in [0.1, 0.15) is 5.56 Å². The molecule has 1 aromatic heterocycles. The fourth-order valence-electron chi connectivity index (χ4n) is 1.29. The number of benzene rings is 1. The molecule has 90 valence electrons. The first kappa shape index (κ1) is 11.8. The molecule has 0 bridgehead atoms. The average Bonchev–Trinajstić information content (AvgIpc) is 2.75. The Bertz CT molecular complexity index is 490. The van der Waals surface area contributed by atoms with Gasteiger partial charge in [-0.15, -0.1) is 0 Å². The summed E-state index contributed by atoms with van der Waals surface area (Å²) in [7, 11) is 0. The summed E-state index contributed by atoms with van der Waals surface area (Å²) < 4.78 is 28.9. The van der Waals surface area contributed by atoms with Crippen molar-refractivity contribution in [1.82, 2.24) is 15.2 Å². The molecular formula is C10H9F2N3OS. The van der Waals surface area contributed by atoms with Crippen molar-refractivity contribution in [3.05, 3.63) is 30.1 Å². The van der Waals surface area contributed by atoms with Crippen LogP contribution in [0.2, 0.25) is 0 Å². The molecule has 1 heterocycles. The van der Waals surface area contributed by atoms with Crippen LogP contribution in [0.5, 0.6) is 5.75 Å². The summed E-state index contributed by atoms with van der Waals surface area (Å²) in [6.07, 6.45) is 1.36. The van der Waals surface area contributed by atoms with Crippen LogP contribution < -0.4 is 4.74 Å². The first-order valence-electron chi connectivity index (χ1n) is 4.74. The molecule has 0 saturated carbocycles. The Labute approximate surface area is 100 Å². The number of aryl methyl sites for hydroxylation is 1. The SMILES string of the molecule is Cc1cccc(OC(F)F)c1Sc1ncn[nH]1. The third-order valence-electron chi connectivity index (χ3n) is 1.98. The Balaban J connectivity index is 2.30. The molecule has 0 radical (unpaired) electrons. The zero-order chi connectivity index (χ0) is 12.3. The van der Waals surface area contributed by atoms with Crippen molar-refractivity contribution in [2.75, 3.05) is 0 Å². The molecule has 0 aliphatic rings. The smallest absolute Gasteiger partial charge is 0.387 e. The van der Waals surface area contributed by atoms with Crippen LogP contribution in [0.25, 0.3) is 0 Å². The van der Waals surface area contributed by atoms with Crippen molar-refractivity contribution in [3.63, 3.8) is 0 Å². The second-order valence-electron chi connectivity index (χ2n) is 3.17. The highest BCUT2D eigenvalue weighted by molar-refractivity contribution is 7.99. The monoisotopic (exact) mass is 257 g/mol. The Hall–Kier alpha value is -1.63. The van der Waals surface area contributed by atoms with E-state index in [1.54, 1.807) is 6.07 Å². The van der Waals surface area contributed by atoms with Crippen molar-refractivity contribution in [2.45, 2.75) is 23.6 Å². The Kier molecular flexibility index (Phi) is 3.58. The van der Waals surface area contributed by atoms with Crippen molar-refractivity contribution in [1.29, 1.82) is 0 Å². The lowest BCUT2D eigenvalue weighted by Crippen LogP contribution is -2.03. The zero-order valence-corrected chi connectivity index (χ0v) is 9.67. The number of ether oxygens (including phenoxy) is 1. The van der Waals surface area contributed by atoms with Gasteiger partial charge in [0.25, 0.3) is 0 Å². The summed E-state index contributed by atoms with van der Waals surface area (Å²) in [5, 5.41) is 6.87. The number of H-pyrrole nitrogens is 1. The van der Waals surface area contributed by atoms with E-state index in [-0.39, 0.29) is 5.75 Å². The lowest BCUT2D eigenvalue weighted by Gasteiger charge is -2.11. The highest BCUT2D eigenvalue weighted by Gasteiger charge is 2.13. The minimum absolute atomic E-state index is 0.140. The second kappa shape index (κ2) is 5.13. The number of aromatic nitrogens is 3. The molecule has 0 fully saturated rings. The Morgan fingerprint density at radius 3 is 2.88 bits per heavy atom. The van der Waals surface area contributed by atoms with Crippen molar-refractivity contribution in [3.8, 4) is 5.75 Å². The molecule has 0 spiro atoms. The number of hydrogen-bond acceptors (Lipinski definition) is 4. The van der Waals surface area contributed by atoms with Gasteiger partial charge in [-0.2, -0.15) is 13.9 Å². The summed E-state index contributed by atoms with van der Waals surface area (Å²) >= 11 is 1.20. The average molecular weight is 257 g/mol. The summed E-state index contributed by atoms with van der Waals surface area (Å²) in [5.41, 5.74) is 0.838. The molecule has 0 aliphatic carbocycles. The minimum atomic E-state index is -2.84. The number of rotatable bonds is 4. The van der Waals surface area contributed by atoms with Crippen molar-refractivity contribution >= 4 is 11.8 Å². The third kappa shape index (κ3) is 2.94. The maximum absolute atomic E-state index is 12.2. The number of halogens is 2. The lowest BCUT2D eigenvalue weighted by atomic mass is 10.2. The van der Waals surface area contributed by atoms with Gasteiger partial charge < -0.3 is 4.74 Å². The molecule has 0 amide bonds. The number of aromatic amines is 1. The first-order chi connectivity index (χ1) is 8.16. The predicted octanol–water partition coefficient (Wildman–Crippen LogP) is 2.87. The van der Waals surface area contributed by atoms with Crippen LogP contribution in [-0.4, -0.2) is 21.8 Å². The molecule has 2 rings (SSSR count). The van der Waals surface area contributed by atoms with Gasteiger partial charge in [-0.1, -0.05) is 12.1 Å². The van der Waals surface area contributed by atoms with E-state index in [4.69, 9.17) is 0 Å². The van der Waals surface area contributed by atoms with Crippen LogP contribution in [0.3, 0.4) is 0 Å². The Morgan fingerprint density at radius 2 is 2.24 bits per heavy atom. The van der Waals surface area contributed by atoms with Gasteiger partial charge in [0.15, 0.2) is 5.16 Å². The molecular weight excluding hydrogens is 248 g/mol. The fraction of sp³-hybridized carbons (Fsp3) is 0.200. The largest absolute Gasteiger partial charge is 0.434 e. The maximum atomic E-state index is 12.2. The summed E-state index contributed by atoms with van der Waals surface area (Å²) in [4.78, 5) is 4.53. The summed E-state index contributed by atoms with van der Waals surface area (Å²) in [6.45, 7) is -1.03. The zero-order valence-electron chi connectivity index (χ0n) is 8.85. The topological polar surface area (TPSA) is 50.8 Å². The maximum Gasteiger partial charge on any atom is 0.387 e. The van der Waals surface area contributed by atoms with Gasteiger partial charge in [-0.05, 0) is 30.3 Å². The number of hydrogen-bond donors (Lipinski definition) is 1. The number of alkyl halides is 2. The van der Waals surface area contributed by atoms with E-state index in [1.165, 1.54) is 24.2 Å². The third-order valence-corrected chi connectivity index (χ3v) is 3.10. The molecule has 2 aromatic rings. The van der Waals surface area contributed by atoms with E-state index in [0.29, 0.717) is 10.1 Å². The molecule has 17 heavy (non-hydrogen) atoms. The van der Waals surface area contributed by atoms with Crippen LogP contribution in [0.15, 0.2) is 34.6 Å².